The molecule has 0 atom stereocenters. The van der Waals surface area contributed by atoms with E-state index in [4.69, 9.17) is 4.74 Å². The molecule has 0 aromatic heterocycles. The molecule has 2 nitrogen and oxygen atoms in total. The number of hydrogen-bond donors (Lipinski definition) is 0. The zero-order valence-electron chi connectivity index (χ0n) is 11.4. The minimum Gasteiger partial charge on any atom is -0.482 e. The van der Waals surface area contributed by atoms with Gasteiger partial charge in [-0.25, -0.2) is 4.39 Å². The Morgan fingerprint density at radius 2 is 1.95 bits per heavy atom. The van der Waals surface area contributed by atoms with Gasteiger partial charge < -0.3 is 4.74 Å². The molecule has 0 amide bonds. The average Bonchev–Trinajstić information content (AvgIpc) is 2.95. The van der Waals surface area contributed by atoms with Gasteiger partial charge in [0.1, 0.15) is 0 Å². The number of carbonyl (C=O) groups is 1. The summed E-state index contributed by atoms with van der Waals surface area (Å²) < 4.78 is 19.6. The van der Waals surface area contributed by atoms with Crippen LogP contribution in [0.4, 0.5) is 4.39 Å². The first-order valence-electron chi connectivity index (χ1n) is 6.86. The van der Waals surface area contributed by atoms with E-state index in [9.17, 15) is 9.18 Å². The van der Waals surface area contributed by atoms with Crippen LogP contribution < -0.4 is 4.74 Å². The standard InChI is InChI=1S/C17H14BrFO2/c18-14-6-7-15(19)17(9-14)21-10-16(20)13-5-4-11-2-1-3-12(11)8-13/h4-9H,1-3,10H2. The Hall–Kier alpha value is -1.68. The van der Waals surface area contributed by atoms with Gasteiger partial charge in [0.25, 0.3) is 0 Å². The van der Waals surface area contributed by atoms with Gasteiger partial charge in [-0.3, -0.25) is 4.79 Å². The van der Waals surface area contributed by atoms with Gasteiger partial charge in [-0.2, -0.15) is 0 Å². The summed E-state index contributed by atoms with van der Waals surface area (Å²) in [6.45, 7) is -0.161. The van der Waals surface area contributed by atoms with Crippen LogP contribution in [0.1, 0.15) is 27.9 Å². The second-order valence-corrected chi connectivity index (χ2v) is 6.04. The fraction of sp³-hybridized carbons (Fsp3) is 0.235. The number of Topliss-reactive ketones (excluding diaryl/α,β-unsaturated/α-hetero) is 1. The van der Waals surface area contributed by atoms with Crippen molar-refractivity contribution < 1.29 is 13.9 Å². The van der Waals surface area contributed by atoms with Crippen LogP contribution >= 0.6 is 15.9 Å². The summed E-state index contributed by atoms with van der Waals surface area (Å²) in [5.41, 5.74) is 3.20. The largest absolute Gasteiger partial charge is 0.482 e. The van der Waals surface area contributed by atoms with Gasteiger partial charge >= 0.3 is 0 Å². The maximum Gasteiger partial charge on any atom is 0.200 e. The van der Waals surface area contributed by atoms with Crippen molar-refractivity contribution in [1.82, 2.24) is 0 Å². The maximum absolute atomic E-state index is 13.5. The summed E-state index contributed by atoms with van der Waals surface area (Å²) >= 11 is 3.25. The van der Waals surface area contributed by atoms with Crippen LogP contribution in [0.3, 0.4) is 0 Å². The normalized spacial score (nSPS) is 13.0. The highest BCUT2D eigenvalue weighted by Crippen LogP contribution is 2.24. The molecule has 0 saturated carbocycles. The average molecular weight is 349 g/mol. The zero-order chi connectivity index (χ0) is 14.8. The molecule has 21 heavy (non-hydrogen) atoms. The van der Waals surface area contributed by atoms with E-state index in [1.54, 1.807) is 6.07 Å². The molecule has 1 aliphatic rings. The van der Waals surface area contributed by atoms with Gasteiger partial charge in [0.2, 0.25) is 0 Å². The Bertz CT molecular complexity index is 697. The Labute approximate surface area is 131 Å². The van der Waals surface area contributed by atoms with Crippen LogP contribution in [0, 0.1) is 5.82 Å². The van der Waals surface area contributed by atoms with Crippen LogP contribution in [0.5, 0.6) is 5.75 Å². The molecule has 0 fully saturated rings. The monoisotopic (exact) mass is 348 g/mol. The predicted molar refractivity (Wildman–Crippen MR) is 82.4 cm³/mol. The third kappa shape index (κ3) is 3.16. The number of benzene rings is 2. The Morgan fingerprint density at radius 1 is 1.14 bits per heavy atom. The van der Waals surface area contributed by atoms with Gasteiger partial charge in [0.05, 0.1) is 0 Å². The first-order chi connectivity index (χ1) is 10.1. The first kappa shape index (κ1) is 14.3. The van der Waals surface area contributed by atoms with Crippen molar-refractivity contribution in [2.45, 2.75) is 19.3 Å². The molecule has 108 valence electrons. The number of halogens is 2. The lowest BCUT2D eigenvalue weighted by Gasteiger charge is -2.08. The molecule has 1 aliphatic carbocycles. The van der Waals surface area contributed by atoms with Crippen molar-refractivity contribution in [2.24, 2.45) is 0 Å². The van der Waals surface area contributed by atoms with Gasteiger partial charge in [0, 0.05) is 10.0 Å². The lowest BCUT2D eigenvalue weighted by Crippen LogP contribution is -2.12. The molecule has 0 radical (unpaired) electrons. The predicted octanol–water partition coefficient (Wildman–Crippen LogP) is 4.34. The van der Waals surface area contributed by atoms with Gasteiger partial charge in [-0.15, -0.1) is 0 Å². The second kappa shape index (κ2) is 5.98. The number of hydrogen-bond acceptors (Lipinski definition) is 2. The zero-order valence-corrected chi connectivity index (χ0v) is 13.0. The molecule has 0 unspecified atom stereocenters. The topological polar surface area (TPSA) is 26.3 Å². The number of ether oxygens (including phenoxy) is 1. The molecule has 0 saturated heterocycles. The van der Waals surface area contributed by atoms with Crippen molar-refractivity contribution in [3.63, 3.8) is 0 Å². The fourth-order valence-electron chi connectivity index (χ4n) is 2.56. The molecule has 0 aliphatic heterocycles. The first-order valence-corrected chi connectivity index (χ1v) is 7.65. The highest BCUT2D eigenvalue weighted by Gasteiger charge is 2.15. The van der Waals surface area contributed by atoms with E-state index in [1.807, 2.05) is 18.2 Å². The van der Waals surface area contributed by atoms with Crippen molar-refractivity contribution in [3.05, 3.63) is 63.4 Å². The summed E-state index contributed by atoms with van der Waals surface area (Å²) in [5.74, 6) is -0.525. The second-order valence-electron chi connectivity index (χ2n) is 5.12. The molecule has 0 bridgehead atoms. The van der Waals surface area contributed by atoms with E-state index in [0.717, 1.165) is 19.3 Å². The van der Waals surface area contributed by atoms with Crippen molar-refractivity contribution in [2.75, 3.05) is 6.61 Å². The minimum absolute atomic E-state index is 0.0823. The van der Waals surface area contributed by atoms with Crippen LogP contribution in [0.15, 0.2) is 40.9 Å². The number of ketones is 1. The maximum atomic E-state index is 13.5. The summed E-state index contributed by atoms with van der Waals surface area (Å²) in [7, 11) is 0. The molecule has 2 aromatic rings. The molecular weight excluding hydrogens is 335 g/mol. The van der Waals surface area contributed by atoms with Crippen LogP contribution in [0.2, 0.25) is 0 Å². The highest BCUT2D eigenvalue weighted by atomic mass is 79.9. The SMILES string of the molecule is O=C(COc1cc(Br)ccc1F)c1ccc2c(c1)CCC2. The summed E-state index contributed by atoms with van der Waals surface area (Å²) in [6.07, 6.45) is 3.26. The van der Waals surface area contributed by atoms with Crippen LogP contribution in [0.25, 0.3) is 0 Å². The fourth-order valence-corrected chi connectivity index (χ4v) is 2.90. The Kier molecular flexibility index (Phi) is 4.06. The van der Waals surface area contributed by atoms with E-state index in [2.05, 4.69) is 15.9 Å². The minimum atomic E-state index is -0.472. The highest BCUT2D eigenvalue weighted by molar-refractivity contribution is 9.10. The number of fused-ring (bicyclic) bond motifs is 1. The molecule has 0 heterocycles. The van der Waals surface area contributed by atoms with E-state index in [-0.39, 0.29) is 18.1 Å². The van der Waals surface area contributed by atoms with Gasteiger partial charge in [0.15, 0.2) is 24.0 Å². The lowest BCUT2D eigenvalue weighted by molar-refractivity contribution is 0.0918. The van der Waals surface area contributed by atoms with Crippen molar-refractivity contribution in [1.29, 1.82) is 0 Å². The Balaban J connectivity index is 1.70. The van der Waals surface area contributed by atoms with Crippen LogP contribution in [-0.4, -0.2) is 12.4 Å². The molecular formula is C17H14BrFO2. The molecule has 0 spiro atoms. The Morgan fingerprint density at radius 3 is 2.81 bits per heavy atom. The smallest absolute Gasteiger partial charge is 0.200 e. The lowest BCUT2D eigenvalue weighted by atomic mass is 10.0. The van der Waals surface area contributed by atoms with E-state index in [1.165, 1.54) is 23.3 Å². The van der Waals surface area contributed by atoms with E-state index >= 15 is 0 Å². The molecule has 3 rings (SSSR count). The number of carbonyl (C=O) groups excluding carboxylic acids is 1. The van der Waals surface area contributed by atoms with Gasteiger partial charge in [-0.05, 0) is 54.7 Å². The number of aryl methyl sites for hydroxylation is 2. The third-order valence-corrected chi connectivity index (χ3v) is 4.17. The number of rotatable bonds is 4. The summed E-state index contributed by atoms with van der Waals surface area (Å²) in [4.78, 5) is 12.2. The summed E-state index contributed by atoms with van der Waals surface area (Å²) in [6, 6.07) is 10.2. The van der Waals surface area contributed by atoms with Crippen LogP contribution in [-0.2, 0) is 12.8 Å². The third-order valence-electron chi connectivity index (χ3n) is 3.67. The molecule has 0 N–H and O–H groups in total. The quantitative estimate of drug-likeness (QED) is 0.768. The van der Waals surface area contributed by atoms with E-state index < -0.39 is 5.82 Å². The summed E-state index contributed by atoms with van der Waals surface area (Å²) in [5, 5.41) is 0. The molecule has 4 heteroatoms. The van der Waals surface area contributed by atoms with Gasteiger partial charge in [-0.1, -0.05) is 28.1 Å². The van der Waals surface area contributed by atoms with Crippen molar-refractivity contribution >= 4 is 21.7 Å². The molecule has 2 aromatic carbocycles. The van der Waals surface area contributed by atoms with Crippen molar-refractivity contribution in [3.8, 4) is 5.75 Å². The van der Waals surface area contributed by atoms with E-state index in [0.29, 0.717) is 10.0 Å².